The number of para-hydroxylation sites is 1. The number of amides is 4. The molecule has 4 N–H and O–H groups in total. The van der Waals surface area contributed by atoms with Crippen LogP contribution in [0.2, 0.25) is 0 Å². The Balaban J connectivity index is 0.985. The third kappa shape index (κ3) is 7.82. The maximum atomic E-state index is 14.1. The van der Waals surface area contributed by atoms with Crippen molar-refractivity contribution in [1.29, 1.82) is 0 Å². The number of urea groups is 1. The van der Waals surface area contributed by atoms with Gasteiger partial charge in [-0.3, -0.25) is 9.89 Å². The van der Waals surface area contributed by atoms with Crippen molar-refractivity contribution < 1.29 is 27.5 Å². The number of aromatic amines is 1. The standard InChI is InChI=1S/C35H47N9O6S/c1-23-20-24(21-30-32(23)39-40-38-30)22-31(33(45)41-13-6-25(7-14-41)26-8-17-43(18-9-26)51(36,48)49)50-35(47)42-15-11-28(12-16-42)44-19-10-27-4-2-3-5-29(27)37-34(44)46/h2-5,20-21,25-26,28,31H,6-19,22H2,1H3,(H,37,46)(H2,36,48,49)(H,38,39,40)/t31-/m1/s1. The van der Waals surface area contributed by atoms with Gasteiger partial charge in [0.25, 0.3) is 16.1 Å². The monoisotopic (exact) mass is 721 g/mol. The minimum absolute atomic E-state index is 0.00815. The molecule has 7 rings (SSSR count). The van der Waals surface area contributed by atoms with Crippen LogP contribution in [0.1, 0.15) is 55.2 Å². The molecule has 3 aromatic rings. The Kier molecular flexibility index (Phi) is 10.2. The second-order valence-electron chi connectivity index (χ2n) is 14.4. The molecule has 4 aliphatic heterocycles. The average molecular weight is 722 g/mol. The van der Waals surface area contributed by atoms with Crippen molar-refractivity contribution in [3.8, 4) is 0 Å². The molecule has 16 heteroatoms. The molecule has 3 saturated heterocycles. The van der Waals surface area contributed by atoms with Crippen molar-refractivity contribution >= 4 is 45.0 Å². The molecule has 51 heavy (non-hydrogen) atoms. The highest BCUT2D eigenvalue weighted by molar-refractivity contribution is 7.86. The van der Waals surface area contributed by atoms with Gasteiger partial charge in [0.05, 0.1) is 5.52 Å². The summed E-state index contributed by atoms with van der Waals surface area (Å²) >= 11 is 0. The van der Waals surface area contributed by atoms with Gasteiger partial charge >= 0.3 is 12.1 Å². The quantitative estimate of drug-likeness (QED) is 0.332. The molecule has 2 aromatic carbocycles. The predicted octanol–water partition coefficient (Wildman–Crippen LogP) is 3.02. The Bertz CT molecular complexity index is 1860. The van der Waals surface area contributed by atoms with Crippen LogP contribution in [0.3, 0.4) is 0 Å². The first-order valence-electron chi connectivity index (χ1n) is 18.0. The highest BCUT2D eigenvalue weighted by Crippen LogP contribution is 2.33. The topological polar surface area (TPSA) is 187 Å². The summed E-state index contributed by atoms with van der Waals surface area (Å²) in [5.74, 6) is 0.542. The van der Waals surface area contributed by atoms with Gasteiger partial charge in [-0.2, -0.15) is 12.7 Å². The first-order valence-corrected chi connectivity index (χ1v) is 19.5. The molecule has 1 aromatic heterocycles. The minimum atomic E-state index is -3.68. The average Bonchev–Trinajstić information content (AvgIpc) is 3.54. The number of aryl methyl sites for hydroxylation is 1. The Morgan fingerprint density at radius 3 is 2.31 bits per heavy atom. The molecule has 0 saturated carbocycles. The molecule has 0 unspecified atom stereocenters. The fourth-order valence-corrected chi connectivity index (χ4v) is 9.12. The summed E-state index contributed by atoms with van der Waals surface area (Å²) in [4.78, 5) is 46.3. The Hall–Kier alpha value is -4.28. The number of aromatic nitrogens is 3. The van der Waals surface area contributed by atoms with Crippen LogP contribution in [-0.4, -0.2) is 119 Å². The molecule has 274 valence electrons. The summed E-state index contributed by atoms with van der Waals surface area (Å²) < 4.78 is 30.9. The van der Waals surface area contributed by atoms with Crippen molar-refractivity contribution in [2.75, 3.05) is 51.1 Å². The molecule has 1 atom stereocenters. The van der Waals surface area contributed by atoms with Crippen molar-refractivity contribution in [2.24, 2.45) is 17.0 Å². The zero-order valence-electron chi connectivity index (χ0n) is 29.0. The summed E-state index contributed by atoms with van der Waals surface area (Å²) in [6.45, 7) is 5.32. The van der Waals surface area contributed by atoms with E-state index in [0.717, 1.165) is 60.0 Å². The molecular formula is C35H47N9O6S. The number of anilines is 1. The number of nitrogens with one attached hydrogen (secondary N) is 2. The lowest BCUT2D eigenvalue weighted by Crippen LogP contribution is -2.52. The Labute approximate surface area is 298 Å². The van der Waals surface area contributed by atoms with Crippen LogP contribution in [0.4, 0.5) is 15.3 Å². The van der Waals surface area contributed by atoms with Crippen LogP contribution in [0.25, 0.3) is 11.0 Å². The fourth-order valence-electron chi connectivity index (χ4n) is 8.40. The fraction of sp³-hybridized carbons (Fsp3) is 0.571. The number of rotatable bonds is 7. The van der Waals surface area contributed by atoms with E-state index < -0.39 is 22.4 Å². The number of carbonyl (C=O) groups is 3. The van der Waals surface area contributed by atoms with Gasteiger partial charge in [0.1, 0.15) is 5.52 Å². The molecule has 4 amide bonds. The second kappa shape index (κ2) is 14.8. The maximum absolute atomic E-state index is 14.1. The van der Waals surface area contributed by atoms with E-state index in [-0.39, 0.29) is 24.4 Å². The number of hydrogen-bond acceptors (Lipinski definition) is 8. The number of ether oxygens (including phenoxy) is 1. The molecule has 0 spiro atoms. The summed E-state index contributed by atoms with van der Waals surface area (Å²) in [7, 11) is -3.68. The normalized spacial score (nSPS) is 20.9. The number of H-pyrrole nitrogens is 1. The predicted molar refractivity (Wildman–Crippen MR) is 190 cm³/mol. The van der Waals surface area contributed by atoms with E-state index in [1.54, 1.807) is 9.80 Å². The van der Waals surface area contributed by atoms with Crippen LogP contribution < -0.4 is 10.5 Å². The third-order valence-electron chi connectivity index (χ3n) is 11.3. The van der Waals surface area contributed by atoms with Gasteiger partial charge in [0, 0.05) is 64.0 Å². The number of nitrogens with two attached hydrogens (primary N) is 1. The second-order valence-corrected chi connectivity index (χ2v) is 15.9. The highest BCUT2D eigenvalue weighted by atomic mass is 32.2. The summed E-state index contributed by atoms with van der Waals surface area (Å²) in [5.41, 5.74) is 5.21. The molecule has 5 heterocycles. The van der Waals surface area contributed by atoms with Gasteiger partial charge in [0.2, 0.25) is 0 Å². The number of nitrogens with zero attached hydrogens (tertiary/aromatic N) is 6. The number of fused-ring (bicyclic) bond motifs is 2. The molecule has 0 bridgehead atoms. The lowest BCUT2D eigenvalue weighted by atomic mass is 9.79. The van der Waals surface area contributed by atoms with Gasteiger partial charge in [-0.15, -0.1) is 5.10 Å². The van der Waals surface area contributed by atoms with Crippen molar-refractivity contribution in [2.45, 2.75) is 70.4 Å². The lowest BCUT2D eigenvalue weighted by molar-refractivity contribution is -0.142. The van der Waals surface area contributed by atoms with Gasteiger partial charge < -0.3 is 24.8 Å². The van der Waals surface area contributed by atoms with E-state index in [9.17, 15) is 22.8 Å². The summed E-state index contributed by atoms with van der Waals surface area (Å²) in [5, 5.41) is 19.3. The maximum Gasteiger partial charge on any atom is 0.410 e. The first-order chi connectivity index (χ1) is 24.5. The van der Waals surface area contributed by atoms with E-state index >= 15 is 0 Å². The SMILES string of the molecule is Cc1cc(C[C@@H](OC(=O)N2CCC(N3CCc4ccccc4NC3=O)CC2)C(=O)N2CCC(C3CCN(S(N)(=O)=O)CC3)CC2)cc2nn[nH]c12. The van der Waals surface area contributed by atoms with E-state index in [2.05, 4.69) is 20.7 Å². The number of benzene rings is 2. The lowest BCUT2D eigenvalue weighted by Gasteiger charge is -2.40. The molecule has 0 aliphatic carbocycles. The van der Waals surface area contributed by atoms with Crippen LogP contribution in [0.5, 0.6) is 0 Å². The van der Waals surface area contributed by atoms with Gasteiger partial charge in [0.15, 0.2) is 6.10 Å². The molecule has 3 fully saturated rings. The largest absolute Gasteiger partial charge is 0.436 e. The van der Waals surface area contributed by atoms with Gasteiger partial charge in [-0.25, -0.2) is 14.7 Å². The Morgan fingerprint density at radius 1 is 0.941 bits per heavy atom. The van der Waals surface area contributed by atoms with Crippen LogP contribution >= 0.6 is 0 Å². The van der Waals surface area contributed by atoms with E-state index in [4.69, 9.17) is 9.88 Å². The van der Waals surface area contributed by atoms with Gasteiger partial charge in [-0.1, -0.05) is 29.5 Å². The van der Waals surface area contributed by atoms with Crippen molar-refractivity contribution in [1.82, 2.24) is 34.4 Å². The van der Waals surface area contributed by atoms with Crippen LogP contribution in [0.15, 0.2) is 36.4 Å². The summed E-state index contributed by atoms with van der Waals surface area (Å²) in [6, 6.07) is 11.6. The zero-order valence-corrected chi connectivity index (χ0v) is 29.8. The zero-order chi connectivity index (χ0) is 35.7. The van der Waals surface area contributed by atoms with E-state index in [1.807, 2.05) is 48.2 Å². The van der Waals surface area contributed by atoms with E-state index in [0.29, 0.717) is 76.0 Å². The number of carbonyl (C=O) groups excluding carboxylic acids is 3. The van der Waals surface area contributed by atoms with Gasteiger partial charge in [-0.05, 0) is 92.5 Å². The van der Waals surface area contributed by atoms with E-state index in [1.165, 1.54) is 4.31 Å². The minimum Gasteiger partial charge on any atom is -0.436 e. The molecule has 0 radical (unpaired) electrons. The number of hydrogen-bond donors (Lipinski definition) is 3. The third-order valence-corrected chi connectivity index (χ3v) is 12.4. The smallest absolute Gasteiger partial charge is 0.410 e. The molecule has 4 aliphatic rings. The number of piperidine rings is 3. The Morgan fingerprint density at radius 2 is 1.61 bits per heavy atom. The first kappa shape index (κ1) is 35.1. The van der Waals surface area contributed by atoms with Crippen molar-refractivity contribution in [3.05, 3.63) is 53.1 Å². The van der Waals surface area contributed by atoms with Crippen molar-refractivity contribution in [3.63, 3.8) is 0 Å². The van der Waals surface area contributed by atoms with Crippen LogP contribution in [-0.2, 0) is 32.6 Å². The van der Waals surface area contributed by atoms with Crippen LogP contribution in [0, 0.1) is 18.8 Å². The number of likely N-dealkylation sites (tertiary alicyclic amines) is 2. The molecular weight excluding hydrogens is 675 g/mol. The summed E-state index contributed by atoms with van der Waals surface area (Å²) in [6.07, 6.45) is 3.75. The molecule has 15 nitrogen and oxygen atoms in total. The highest BCUT2D eigenvalue weighted by Gasteiger charge is 2.37.